The van der Waals surface area contributed by atoms with E-state index in [0.29, 0.717) is 11.8 Å². The molecule has 0 aliphatic carbocycles. The predicted molar refractivity (Wildman–Crippen MR) is 100 cm³/mol. The van der Waals surface area contributed by atoms with Crippen LogP contribution in [0.25, 0.3) is 22.3 Å². The molecule has 0 atom stereocenters. The molecule has 4 N–H and O–H groups in total. The molecule has 0 aliphatic heterocycles. The molecular formula is C18H18N8. The van der Waals surface area contributed by atoms with Gasteiger partial charge < -0.3 is 11.1 Å². The highest BCUT2D eigenvalue weighted by Gasteiger charge is 2.23. The summed E-state index contributed by atoms with van der Waals surface area (Å²) >= 11 is 0. The summed E-state index contributed by atoms with van der Waals surface area (Å²) in [5, 5.41) is 11.3. The van der Waals surface area contributed by atoms with Crippen molar-refractivity contribution in [2.24, 2.45) is 0 Å². The molecule has 0 saturated heterocycles. The Labute approximate surface area is 149 Å². The number of nitrogens with one attached hydrogen (secondary N) is 2. The van der Waals surface area contributed by atoms with E-state index in [0.717, 1.165) is 22.2 Å². The third-order valence-corrected chi connectivity index (χ3v) is 4.08. The van der Waals surface area contributed by atoms with Crippen LogP contribution < -0.4 is 11.1 Å². The zero-order valence-electron chi connectivity index (χ0n) is 14.4. The molecule has 26 heavy (non-hydrogen) atoms. The molecule has 0 saturated carbocycles. The van der Waals surface area contributed by atoms with Gasteiger partial charge in [0.15, 0.2) is 5.82 Å². The second-order valence-electron chi connectivity index (χ2n) is 6.48. The molecule has 0 radical (unpaired) electrons. The number of rotatable bonds is 4. The van der Waals surface area contributed by atoms with Gasteiger partial charge in [0.05, 0.1) is 22.9 Å². The molecule has 4 aromatic rings. The maximum atomic E-state index is 5.91. The van der Waals surface area contributed by atoms with E-state index in [9.17, 15) is 0 Å². The third-order valence-electron chi connectivity index (χ3n) is 4.08. The Balaban J connectivity index is 1.70. The first kappa shape index (κ1) is 15.9. The molecule has 0 aliphatic rings. The maximum Gasteiger partial charge on any atom is 0.228 e. The van der Waals surface area contributed by atoms with Gasteiger partial charge in [0.1, 0.15) is 0 Å². The van der Waals surface area contributed by atoms with Crippen molar-refractivity contribution >= 4 is 22.8 Å². The highest BCUT2D eigenvalue weighted by Crippen LogP contribution is 2.25. The minimum absolute atomic E-state index is 0.152. The van der Waals surface area contributed by atoms with E-state index in [-0.39, 0.29) is 5.95 Å². The minimum Gasteiger partial charge on any atom is -0.368 e. The number of hydrogen-bond donors (Lipinski definition) is 3. The summed E-state index contributed by atoms with van der Waals surface area (Å²) in [6, 6.07) is 11.6. The average molecular weight is 346 g/mol. The lowest BCUT2D eigenvalue weighted by molar-refractivity contribution is 0.580. The maximum absolute atomic E-state index is 5.91. The van der Waals surface area contributed by atoms with E-state index < -0.39 is 5.54 Å². The first-order valence-corrected chi connectivity index (χ1v) is 8.16. The first-order chi connectivity index (χ1) is 12.5. The number of hydrogen-bond acceptors (Lipinski definition) is 7. The van der Waals surface area contributed by atoms with Crippen LogP contribution in [0.3, 0.4) is 0 Å². The van der Waals surface area contributed by atoms with Gasteiger partial charge in [0, 0.05) is 17.1 Å². The SMILES string of the molecule is CC(C)(Nc1nc(N)nc(-c2ccc3cn[nH]c3c2)n1)c1ccccn1. The molecule has 3 aromatic heterocycles. The standard InChI is InChI=1S/C18H18N8/c1-18(2,14-5-3-4-8-20-14)25-17-23-15(22-16(19)24-17)11-6-7-12-10-21-26-13(12)9-11/h3-10H,1-2H3,(H,21,26)(H3,19,22,23,24,25). The zero-order chi connectivity index (χ0) is 18.1. The van der Waals surface area contributed by atoms with Crippen molar-refractivity contribution in [3.05, 3.63) is 54.5 Å². The van der Waals surface area contributed by atoms with E-state index in [1.807, 2.05) is 50.2 Å². The van der Waals surface area contributed by atoms with Crippen molar-refractivity contribution < 1.29 is 0 Å². The fraction of sp³-hybridized carbons (Fsp3) is 0.167. The Morgan fingerprint density at radius 3 is 2.77 bits per heavy atom. The van der Waals surface area contributed by atoms with Crippen LogP contribution in [0.4, 0.5) is 11.9 Å². The van der Waals surface area contributed by atoms with E-state index in [4.69, 9.17) is 5.73 Å². The van der Waals surface area contributed by atoms with Crippen molar-refractivity contribution in [1.29, 1.82) is 0 Å². The van der Waals surface area contributed by atoms with Crippen molar-refractivity contribution in [3.8, 4) is 11.4 Å². The molecule has 0 fully saturated rings. The fourth-order valence-electron chi connectivity index (χ4n) is 2.73. The molecule has 0 spiro atoms. The Morgan fingerprint density at radius 2 is 1.96 bits per heavy atom. The zero-order valence-corrected chi connectivity index (χ0v) is 14.4. The topological polar surface area (TPSA) is 118 Å². The summed E-state index contributed by atoms with van der Waals surface area (Å²) in [4.78, 5) is 17.4. The largest absolute Gasteiger partial charge is 0.368 e. The summed E-state index contributed by atoms with van der Waals surface area (Å²) in [5.74, 6) is 1.04. The Hall–Kier alpha value is -3.55. The summed E-state index contributed by atoms with van der Waals surface area (Å²) < 4.78 is 0. The van der Waals surface area contributed by atoms with Gasteiger partial charge in [0.25, 0.3) is 0 Å². The van der Waals surface area contributed by atoms with Crippen LogP contribution in [0, 0.1) is 0 Å². The van der Waals surface area contributed by atoms with Gasteiger partial charge in [0.2, 0.25) is 11.9 Å². The van der Waals surface area contributed by atoms with Gasteiger partial charge in [-0.2, -0.15) is 20.1 Å². The number of fused-ring (bicyclic) bond motifs is 1. The lowest BCUT2D eigenvalue weighted by Crippen LogP contribution is -2.30. The van der Waals surface area contributed by atoms with Crippen LogP contribution in [0.2, 0.25) is 0 Å². The van der Waals surface area contributed by atoms with Gasteiger partial charge in [-0.3, -0.25) is 10.1 Å². The quantitative estimate of drug-likeness (QED) is 0.520. The number of H-pyrrole nitrogens is 1. The fourth-order valence-corrected chi connectivity index (χ4v) is 2.73. The molecule has 0 amide bonds. The second kappa shape index (κ2) is 6.07. The van der Waals surface area contributed by atoms with Crippen molar-refractivity contribution in [2.45, 2.75) is 19.4 Å². The normalized spacial score (nSPS) is 11.6. The van der Waals surface area contributed by atoms with Crippen molar-refractivity contribution in [1.82, 2.24) is 30.1 Å². The number of anilines is 2. The van der Waals surface area contributed by atoms with E-state index in [1.54, 1.807) is 12.4 Å². The van der Waals surface area contributed by atoms with Crippen LogP contribution in [0.5, 0.6) is 0 Å². The van der Waals surface area contributed by atoms with E-state index in [2.05, 4.69) is 35.5 Å². The molecule has 0 unspecified atom stereocenters. The number of benzene rings is 1. The van der Waals surface area contributed by atoms with E-state index >= 15 is 0 Å². The van der Waals surface area contributed by atoms with Gasteiger partial charge in [-0.05, 0) is 32.0 Å². The Kier molecular flexibility index (Phi) is 3.72. The minimum atomic E-state index is -0.473. The predicted octanol–water partition coefficient (Wildman–Crippen LogP) is 2.74. The lowest BCUT2D eigenvalue weighted by Gasteiger charge is -2.25. The van der Waals surface area contributed by atoms with E-state index in [1.165, 1.54) is 0 Å². The van der Waals surface area contributed by atoms with Crippen LogP contribution >= 0.6 is 0 Å². The van der Waals surface area contributed by atoms with Gasteiger partial charge in [-0.25, -0.2) is 0 Å². The molecule has 1 aromatic carbocycles. The highest BCUT2D eigenvalue weighted by molar-refractivity contribution is 5.82. The molecular weight excluding hydrogens is 328 g/mol. The molecule has 8 heteroatoms. The summed E-state index contributed by atoms with van der Waals surface area (Å²) in [7, 11) is 0. The number of nitrogens with two attached hydrogens (primary N) is 1. The molecule has 0 bridgehead atoms. The number of nitrogens with zero attached hydrogens (tertiary/aromatic N) is 5. The van der Waals surface area contributed by atoms with Crippen molar-refractivity contribution in [2.75, 3.05) is 11.1 Å². The van der Waals surface area contributed by atoms with Gasteiger partial charge in [-0.1, -0.05) is 18.2 Å². The Morgan fingerprint density at radius 1 is 1.08 bits per heavy atom. The van der Waals surface area contributed by atoms with Crippen LogP contribution in [0.1, 0.15) is 19.5 Å². The van der Waals surface area contributed by atoms with Gasteiger partial charge in [-0.15, -0.1) is 0 Å². The van der Waals surface area contributed by atoms with Gasteiger partial charge >= 0.3 is 0 Å². The first-order valence-electron chi connectivity index (χ1n) is 8.16. The summed E-state index contributed by atoms with van der Waals surface area (Å²) in [5.41, 5.74) is 8.05. The molecule has 8 nitrogen and oxygen atoms in total. The number of pyridine rings is 1. The molecule has 130 valence electrons. The summed E-state index contributed by atoms with van der Waals surface area (Å²) in [6.07, 6.45) is 3.52. The molecule has 3 heterocycles. The number of nitrogen functional groups attached to an aromatic ring is 1. The summed E-state index contributed by atoms with van der Waals surface area (Å²) in [6.45, 7) is 4.01. The second-order valence-corrected chi connectivity index (χ2v) is 6.48. The number of aromatic nitrogens is 6. The van der Waals surface area contributed by atoms with Crippen LogP contribution in [-0.4, -0.2) is 30.1 Å². The van der Waals surface area contributed by atoms with Crippen LogP contribution in [-0.2, 0) is 5.54 Å². The number of aromatic amines is 1. The monoisotopic (exact) mass is 346 g/mol. The molecule has 4 rings (SSSR count). The van der Waals surface area contributed by atoms with Crippen LogP contribution in [0.15, 0.2) is 48.8 Å². The Bertz CT molecular complexity index is 1060. The smallest absolute Gasteiger partial charge is 0.228 e. The lowest BCUT2D eigenvalue weighted by atomic mass is 10.0. The highest BCUT2D eigenvalue weighted by atomic mass is 15.2. The average Bonchev–Trinajstić information content (AvgIpc) is 3.09. The third kappa shape index (κ3) is 3.04. The van der Waals surface area contributed by atoms with Crippen molar-refractivity contribution in [3.63, 3.8) is 0 Å².